The molecule has 0 bridgehead atoms. The van der Waals surface area contributed by atoms with E-state index in [1.165, 1.54) is 25.7 Å². The number of rotatable bonds is 1. The Balaban J connectivity index is 1.93. The Morgan fingerprint density at radius 2 is 1.85 bits per heavy atom. The lowest BCUT2D eigenvalue weighted by atomic mass is 9.79. The highest BCUT2D eigenvalue weighted by Crippen LogP contribution is 2.32. The van der Waals surface area contributed by atoms with Crippen LogP contribution in [0.1, 0.15) is 32.1 Å². The van der Waals surface area contributed by atoms with Crippen LogP contribution >= 0.6 is 0 Å². The van der Waals surface area contributed by atoms with Crippen molar-refractivity contribution in [1.82, 2.24) is 0 Å². The Morgan fingerprint density at radius 3 is 2.46 bits per heavy atom. The predicted octanol–water partition coefficient (Wildman–Crippen LogP) is 2.59. The van der Waals surface area contributed by atoms with Gasteiger partial charge in [0.15, 0.2) is 0 Å². The lowest BCUT2D eigenvalue weighted by Gasteiger charge is -2.28. The molecule has 2 rings (SSSR count). The molecule has 71 valence electrons. The molecule has 1 nitrogen and oxygen atoms in total. The van der Waals surface area contributed by atoms with E-state index in [0.29, 0.717) is 6.04 Å². The van der Waals surface area contributed by atoms with E-state index in [0.717, 1.165) is 12.3 Å². The van der Waals surface area contributed by atoms with Gasteiger partial charge in [0.2, 0.25) is 0 Å². The van der Waals surface area contributed by atoms with E-state index in [-0.39, 0.29) is 0 Å². The first-order chi connectivity index (χ1) is 6.36. The van der Waals surface area contributed by atoms with Crippen molar-refractivity contribution in [2.75, 3.05) is 0 Å². The van der Waals surface area contributed by atoms with Crippen LogP contribution in [-0.2, 0) is 0 Å². The predicted molar refractivity (Wildman–Crippen MR) is 56.1 cm³/mol. The fourth-order valence-corrected chi connectivity index (χ4v) is 2.32. The van der Waals surface area contributed by atoms with Gasteiger partial charge in [0, 0.05) is 6.04 Å². The first-order valence-electron chi connectivity index (χ1n) is 5.31. The second-order valence-corrected chi connectivity index (χ2v) is 4.18. The first-order valence-corrected chi connectivity index (χ1v) is 5.31. The Kier molecular flexibility index (Phi) is 2.84. The molecule has 2 aliphatic carbocycles. The van der Waals surface area contributed by atoms with E-state index >= 15 is 0 Å². The summed E-state index contributed by atoms with van der Waals surface area (Å²) in [6.45, 7) is 0. The Labute approximate surface area is 80.7 Å². The smallest absolute Gasteiger partial charge is 0.00392 e. The summed E-state index contributed by atoms with van der Waals surface area (Å²) >= 11 is 0. The number of allylic oxidation sites excluding steroid dienone is 4. The molecular formula is C12H18N. The van der Waals surface area contributed by atoms with Crippen molar-refractivity contribution in [3.63, 3.8) is 0 Å². The molecule has 0 aromatic heterocycles. The van der Waals surface area contributed by atoms with Crippen LogP contribution in [0.4, 0.5) is 0 Å². The Morgan fingerprint density at radius 1 is 1.08 bits per heavy atom. The monoisotopic (exact) mass is 176 g/mol. The quantitative estimate of drug-likeness (QED) is 0.653. The van der Waals surface area contributed by atoms with Gasteiger partial charge in [0.05, 0.1) is 0 Å². The molecule has 0 aliphatic heterocycles. The van der Waals surface area contributed by atoms with Gasteiger partial charge in [-0.1, -0.05) is 23.8 Å². The summed E-state index contributed by atoms with van der Waals surface area (Å²) < 4.78 is 0. The van der Waals surface area contributed by atoms with Gasteiger partial charge in [-0.05, 0) is 44.4 Å². The maximum absolute atomic E-state index is 5.89. The van der Waals surface area contributed by atoms with E-state index in [2.05, 4.69) is 24.6 Å². The molecule has 0 unspecified atom stereocenters. The van der Waals surface area contributed by atoms with E-state index in [1.54, 1.807) is 5.57 Å². The van der Waals surface area contributed by atoms with Crippen LogP contribution in [0, 0.1) is 12.3 Å². The van der Waals surface area contributed by atoms with Crippen LogP contribution in [0.3, 0.4) is 0 Å². The lowest BCUT2D eigenvalue weighted by Crippen LogP contribution is -2.27. The van der Waals surface area contributed by atoms with Crippen LogP contribution in [0.5, 0.6) is 0 Å². The van der Waals surface area contributed by atoms with Crippen LogP contribution in [0.15, 0.2) is 23.8 Å². The van der Waals surface area contributed by atoms with Crippen molar-refractivity contribution >= 4 is 0 Å². The summed E-state index contributed by atoms with van der Waals surface area (Å²) in [6.07, 6.45) is 15.0. The van der Waals surface area contributed by atoms with Gasteiger partial charge < -0.3 is 5.73 Å². The minimum Gasteiger partial charge on any atom is -0.328 e. The van der Waals surface area contributed by atoms with Gasteiger partial charge in [0.25, 0.3) is 0 Å². The van der Waals surface area contributed by atoms with E-state index in [4.69, 9.17) is 5.73 Å². The van der Waals surface area contributed by atoms with Crippen LogP contribution in [0.2, 0.25) is 0 Å². The van der Waals surface area contributed by atoms with Crippen molar-refractivity contribution in [1.29, 1.82) is 0 Å². The average molecular weight is 176 g/mol. The average Bonchev–Trinajstić information content (AvgIpc) is 2.20. The molecule has 0 saturated heterocycles. The van der Waals surface area contributed by atoms with Crippen molar-refractivity contribution in [3.8, 4) is 0 Å². The largest absolute Gasteiger partial charge is 0.328 e. The van der Waals surface area contributed by atoms with E-state index in [1.807, 2.05) is 0 Å². The fourth-order valence-electron chi connectivity index (χ4n) is 2.32. The molecular weight excluding hydrogens is 158 g/mol. The third-order valence-corrected chi connectivity index (χ3v) is 3.21. The van der Waals surface area contributed by atoms with E-state index < -0.39 is 0 Å². The second-order valence-electron chi connectivity index (χ2n) is 4.18. The zero-order valence-corrected chi connectivity index (χ0v) is 8.08. The zero-order chi connectivity index (χ0) is 9.10. The highest BCUT2D eigenvalue weighted by Gasteiger charge is 2.21. The lowest BCUT2D eigenvalue weighted by molar-refractivity contribution is 0.359. The van der Waals surface area contributed by atoms with Gasteiger partial charge in [0.1, 0.15) is 0 Å². The Bertz CT molecular complexity index is 219. The van der Waals surface area contributed by atoms with Crippen molar-refractivity contribution in [2.45, 2.75) is 38.1 Å². The minimum atomic E-state index is 0.472. The zero-order valence-electron chi connectivity index (χ0n) is 8.08. The van der Waals surface area contributed by atoms with Gasteiger partial charge in [-0.25, -0.2) is 0 Å². The highest BCUT2D eigenvalue weighted by atomic mass is 14.6. The highest BCUT2D eigenvalue weighted by molar-refractivity contribution is 5.25. The van der Waals surface area contributed by atoms with Crippen LogP contribution in [-0.4, -0.2) is 6.04 Å². The third kappa shape index (κ3) is 2.22. The molecule has 13 heavy (non-hydrogen) atoms. The summed E-state index contributed by atoms with van der Waals surface area (Å²) in [4.78, 5) is 0. The fraction of sp³-hybridized carbons (Fsp3) is 0.583. The molecule has 2 aliphatic rings. The molecule has 0 heterocycles. The molecule has 0 spiro atoms. The van der Waals surface area contributed by atoms with E-state index in [9.17, 15) is 0 Å². The molecule has 1 saturated carbocycles. The molecule has 1 fully saturated rings. The van der Waals surface area contributed by atoms with Crippen molar-refractivity contribution in [2.24, 2.45) is 11.7 Å². The first kappa shape index (κ1) is 9.01. The van der Waals surface area contributed by atoms with Crippen molar-refractivity contribution in [3.05, 3.63) is 30.2 Å². The molecule has 0 aromatic carbocycles. The molecule has 1 radical (unpaired) electrons. The molecule has 2 N–H and O–H groups in total. The molecule has 0 atom stereocenters. The summed E-state index contributed by atoms with van der Waals surface area (Å²) in [7, 11) is 0. The number of hydrogen-bond acceptors (Lipinski definition) is 1. The third-order valence-electron chi connectivity index (χ3n) is 3.21. The van der Waals surface area contributed by atoms with Gasteiger partial charge in [-0.2, -0.15) is 0 Å². The number of hydrogen-bond donors (Lipinski definition) is 1. The maximum Gasteiger partial charge on any atom is 0.00392 e. The maximum atomic E-state index is 5.89. The Hall–Kier alpha value is -0.560. The topological polar surface area (TPSA) is 26.0 Å². The van der Waals surface area contributed by atoms with Gasteiger partial charge >= 0.3 is 0 Å². The standard InChI is InChI=1S/C12H18N/c13-12-8-6-11(7-9-12)10-4-2-1-3-5-10/h1-4,11-12H,5-9,13H2. The van der Waals surface area contributed by atoms with Crippen LogP contribution < -0.4 is 5.73 Å². The summed E-state index contributed by atoms with van der Waals surface area (Å²) in [5, 5.41) is 0. The minimum absolute atomic E-state index is 0.472. The summed E-state index contributed by atoms with van der Waals surface area (Å²) in [6, 6.07) is 0.472. The SMILES string of the molecule is NC1CCC(C2=CC=C[CH]C2)CC1. The number of nitrogens with two attached hydrogens (primary N) is 1. The normalized spacial score (nSPS) is 34.4. The van der Waals surface area contributed by atoms with Gasteiger partial charge in [-0.3, -0.25) is 0 Å². The van der Waals surface area contributed by atoms with Gasteiger partial charge in [-0.15, -0.1) is 0 Å². The molecule has 1 heteroatoms. The molecule has 0 amide bonds. The molecule has 0 aromatic rings. The second kappa shape index (κ2) is 4.10. The summed E-state index contributed by atoms with van der Waals surface area (Å²) in [5.41, 5.74) is 7.51. The summed E-state index contributed by atoms with van der Waals surface area (Å²) in [5.74, 6) is 0.820. The van der Waals surface area contributed by atoms with Crippen LogP contribution in [0.25, 0.3) is 0 Å². The van der Waals surface area contributed by atoms with Crippen molar-refractivity contribution < 1.29 is 0 Å².